The van der Waals surface area contributed by atoms with E-state index in [0.717, 1.165) is 0 Å². The van der Waals surface area contributed by atoms with Crippen molar-refractivity contribution >= 4 is 46.6 Å². The van der Waals surface area contributed by atoms with E-state index in [2.05, 4.69) is 5.32 Å². The molecule has 0 spiro atoms. The van der Waals surface area contributed by atoms with E-state index in [0.29, 0.717) is 27.1 Å². The molecule has 1 saturated heterocycles. The lowest BCUT2D eigenvalue weighted by molar-refractivity contribution is -0.113. The summed E-state index contributed by atoms with van der Waals surface area (Å²) in [5.41, 5.74) is 1.70. The van der Waals surface area contributed by atoms with Crippen LogP contribution in [0.4, 0.5) is 5.69 Å². The van der Waals surface area contributed by atoms with Crippen molar-refractivity contribution in [1.82, 2.24) is 5.32 Å². The molecule has 0 bridgehead atoms. The maximum absolute atomic E-state index is 12.5. The number of thiocarbonyl (C=S) groups is 1. The van der Waals surface area contributed by atoms with Crippen molar-refractivity contribution in [2.75, 3.05) is 4.90 Å². The summed E-state index contributed by atoms with van der Waals surface area (Å²) in [5, 5.41) is 13.3. The maximum Gasteiger partial charge on any atom is 0.281 e. The second-order valence-corrected chi connectivity index (χ2v) is 5.52. The Labute approximate surface area is 137 Å². The lowest BCUT2D eigenvalue weighted by atomic mass is 10.2. The largest absolute Gasteiger partial charge is 0.508 e. The van der Waals surface area contributed by atoms with Crippen LogP contribution in [0.5, 0.6) is 5.75 Å². The molecule has 1 amide bonds. The summed E-state index contributed by atoms with van der Waals surface area (Å²) in [4.78, 5) is 13.9. The number of phenols is 1. The molecule has 1 aliphatic heterocycles. The highest BCUT2D eigenvalue weighted by Crippen LogP contribution is 2.24. The summed E-state index contributed by atoms with van der Waals surface area (Å²) >= 11 is 11.1. The molecule has 0 radical (unpaired) electrons. The van der Waals surface area contributed by atoms with Crippen molar-refractivity contribution < 1.29 is 9.90 Å². The zero-order valence-electron chi connectivity index (χ0n) is 11.3. The molecule has 1 aliphatic rings. The number of rotatable bonds is 2. The smallest absolute Gasteiger partial charge is 0.281 e. The van der Waals surface area contributed by atoms with Gasteiger partial charge in [-0.05, 0) is 60.3 Å². The van der Waals surface area contributed by atoms with Crippen LogP contribution < -0.4 is 10.2 Å². The number of halogens is 1. The molecule has 0 unspecified atom stereocenters. The van der Waals surface area contributed by atoms with Crippen LogP contribution >= 0.6 is 23.8 Å². The fourth-order valence-corrected chi connectivity index (χ4v) is 2.57. The van der Waals surface area contributed by atoms with E-state index >= 15 is 0 Å². The van der Waals surface area contributed by atoms with E-state index in [1.807, 2.05) is 0 Å². The van der Waals surface area contributed by atoms with Gasteiger partial charge in [0, 0.05) is 5.02 Å². The van der Waals surface area contributed by atoms with Gasteiger partial charge in [0.2, 0.25) is 0 Å². The van der Waals surface area contributed by atoms with E-state index in [-0.39, 0.29) is 11.7 Å². The summed E-state index contributed by atoms with van der Waals surface area (Å²) in [6.45, 7) is 0. The normalized spacial score (nSPS) is 16.2. The van der Waals surface area contributed by atoms with Crippen LogP contribution in [0.2, 0.25) is 5.02 Å². The van der Waals surface area contributed by atoms with Gasteiger partial charge in [-0.25, -0.2) is 0 Å². The highest BCUT2D eigenvalue weighted by molar-refractivity contribution is 7.80. The van der Waals surface area contributed by atoms with Crippen LogP contribution in [0, 0.1) is 0 Å². The number of carbonyl (C=O) groups is 1. The van der Waals surface area contributed by atoms with Crippen LogP contribution in [-0.2, 0) is 4.79 Å². The predicted octanol–water partition coefficient (Wildman–Crippen LogP) is 3.31. The molecule has 6 heteroatoms. The standard InChI is InChI=1S/C16H11ClN2O2S/c17-11-4-6-12(7-5-11)19-15(21)14(18-16(19)22)9-10-2-1-3-13(20)8-10/h1-9,20H,(H,18,22)/b14-9-. The summed E-state index contributed by atoms with van der Waals surface area (Å²) in [6, 6.07) is 13.5. The van der Waals surface area contributed by atoms with Crippen molar-refractivity contribution in [3.05, 3.63) is 64.8 Å². The third-order valence-corrected chi connectivity index (χ3v) is 3.68. The molecule has 2 N–H and O–H groups in total. The van der Waals surface area contributed by atoms with E-state index < -0.39 is 0 Å². The fourth-order valence-electron chi connectivity index (χ4n) is 2.14. The molecule has 1 fully saturated rings. The Bertz CT molecular complexity index is 787. The molecule has 3 rings (SSSR count). The Kier molecular flexibility index (Phi) is 3.83. The van der Waals surface area contributed by atoms with Crippen LogP contribution in [0.1, 0.15) is 5.56 Å². The SMILES string of the molecule is O=C1/C(=C/c2cccc(O)c2)NC(=S)N1c1ccc(Cl)cc1. The number of aromatic hydroxyl groups is 1. The minimum atomic E-state index is -0.254. The number of amides is 1. The number of nitrogens with zero attached hydrogens (tertiary/aromatic N) is 1. The Morgan fingerprint density at radius 2 is 1.91 bits per heavy atom. The topological polar surface area (TPSA) is 52.6 Å². The number of carbonyl (C=O) groups excluding carboxylic acids is 1. The third kappa shape index (κ3) is 2.81. The molecule has 0 aromatic heterocycles. The van der Waals surface area contributed by atoms with Gasteiger partial charge in [-0.3, -0.25) is 9.69 Å². The first-order chi connectivity index (χ1) is 10.5. The highest BCUT2D eigenvalue weighted by atomic mass is 35.5. The minimum absolute atomic E-state index is 0.136. The van der Waals surface area contributed by atoms with Crippen molar-refractivity contribution in [3.8, 4) is 5.75 Å². The van der Waals surface area contributed by atoms with E-state index in [1.165, 1.54) is 4.90 Å². The van der Waals surface area contributed by atoms with Gasteiger partial charge in [0.1, 0.15) is 11.4 Å². The van der Waals surface area contributed by atoms with E-state index in [4.69, 9.17) is 23.8 Å². The molecule has 0 aliphatic carbocycles. The number of hydrogen-bond acceptors (Lipinski definition) is 3. The van der Waals surface area contributed by atoms with E-state index in [9.17, 15) is 9.90 Å². The first-order valence-corrected chi connectivity index (χ1v) is 7.25. The van der Waals surface area contributed by atoms with Gasteiger partial charge < -0.3 is 10.4 Å². The summed E-state index contributed by atoms with van der Waals surface area (Å²) in [5.74, 6) is -0.118. The van der Waals surface area contributed by atoms with Crippen molar-refractivity contribution in [1.29, 1.82) is 0 Å². The summed E-state index contributed by atoms with van der Waals surface area (Å²) in [7, 11) is 0. The van der Waals surface area contributed by atoms with Gasteiger partial charge in [0.15, 0.2) is 5.11 Å². The van der Waals surface area contributed by atoms with Crippen LogP contribution in [0.25, 0.3) is 6.08 Å². The summed E-state index contributed by atoms with van der Waals surface area (Å²) in [6.07, 6.45) is 1.64. The van der Waals surface area contributed by atoms with Gasteiger partial charge >= 0.3 is 0 Å². The van der Waals surface area contributed by atoms with Crippen LogP contribution in [-0.4, -0.2) is 16.1 Å². The molecule has 0 atom stereocenters. The molecular weight excluding hydrogens is 320 g/mol. The molecule has 2 aromatic carbocycles. The zero-order chi connectivity index (χ0) is 15.7. The maximum atomic E-state index is 12.5. The van der Waals surface area contributed by atoms with Crippen molar-refractivity contribution in [3.63, 3.8) is 0 Å². The monoisotopic (exact) mass is 330 g/mol. The first kappa shape index (κ1) is 14.6. The van der Waals surface area contributed by atoms with Crippen LogP contribution in [0.15, 0.2) is 54.2 Å². The zero-order valence-corrected chi connectivity index (χ0v) is 12.9. The second-order valence-electron chi connectivity index (χ2n) is 4.70. The second kappa shape index (κ2) is 5.79. The molecule has 2 aromatic rings. The quantitative estimate of drug-likeness (QED) is 0.655. The lowest BCUT2D eigenvalue weighted by Crippen LogP contribution is -2.30. The van der Waals surface area contributed by atoms with E-state index in [1.54, 1.807) is 54.6 Å². The predicted molar refractivity (Wildman–Crippen MR) is 90.8 cm³/mol. The minimum Gasteiger partial charge on any atom is -0.508 e. The number of phenolic OH excluding ortho intramolecular Hbond substituents is 1. The van der Waals surface area contributed by atoms with Crippen LogP contribution in [0.3, 0.4) is 0 Å². The number of hydrogen-bond donors (Lipinski definition) is 2. The average Bonchev–Trinajstić information content (AvgIpc) is 2.75. The van der Waals surface area contributed by atoms with Crippen molar-refractivity contribution in [2.45, 2.75) is 0 Å². The third-order valence-electron chi connectivity index (χ3n) is 3.14. The Morgan fingerprint density at radius 1 is 1.18 bits per heavy atom. The van der Waals surface area contributed by atoms with Crippen molar-refractivity contribution in [2.24, 2.45) is 0 Å². The molecule has 1 heterocycles. The van der Waals surface area contributed by atoms with Gasteiger partial charge in [-0.2, -0.15) is 0 Å². The first-order valence-electron chi connectivity index (χ1n) is 6.46. The summed E-state index contributed by atoms with van der Waals surface area (Å²) < 4.78 is 0. The lowest BCUT2D eigenvalue weighted by Gasteiger charge is -2.13. The Balaban J connectivity index is 1.93. The Hall–Kier alpha value is -2.37. The Morgan fingerprint density at radius 3 is 2.59 bits per heavy atom. The average molecular weight is 331 g/mol. The van der Waals surface area contributed by atoms with Gasteiger partial charge in [-0.15, -0.1) is 0 Å². The number of anilines is 1. The number of benzene rings is 2. The van der Waals surface area contributed by atoms with Gasteiger partial charge in [0.05, 0.1) is 5.69 Å². The molecule has 22 heavy (non-hydrogen) atoms. The molecule has 0 saturated carbocycles. The molecular formula is C16H11ClN2O2S. The van der Waals surface area contributed by atoms with Gasteiger partial charge in [0.25, 0.3) is 5.91 Å². The van der Waals surface area contributed by atoms with Gasteiger partial charge in [-0.1, -0.05) is 23.7 Å². The number of nitrogens with one attached hydrogen (secondary N) is 1. The molecule has 4 nitrogen and oxygen atoms in total. The highest BCUT2D eigenvalue weighted by Gasteiger charge is 2.31. The molecule has 110 valence electrons. The fraction of sp³-hybridized carbons (Fsp3) is 0.